The first-order chi connectivity index (χ1) is 8.99. The molecule has 8 heteroatoms. The summed E-state index contributed by atoms with van der Waals surface area (Å²) in [5, 5.41) is 8.90. The van der Waals surface area contributed by atoms with Crippen LogP contribution in [0, 0.1) is 5.82 Å². The molecule has 0 saturated carbocycles. The van der Waals surface area contributed by atoms with E-state index in [1.165, 1.54) is 18.3 Å². The first-order valence-corrected chi connectivity index (χ1v) is 6.76. The summed E-state index contributed by atoms with van der Waals surface area (Å²) in [6.07, 6.45) is 3.12. The van der Waals surface area contributed by atoms with Gasteiger partial charge in [-0.1, -0.05) is 35.0 Å². The molecule has 0 aliphatic carbocycles. The van der Waals surface area contributed by atoms with Crippen molar-refractivity contribution < 1.29 is 14.3 Å². The number of halogens is 3. The second-order valence-electron chi connectivity index (χ2n) is 3.49. The highest BCUT2D eigenvalue weighted by Gasteiger charge is 2.12. The van der Waals surface area contributed by atoms with Crippen molar-refractivity contribution in [2.75, 3.05) is 5.75 Å². The molecule has 0 radical (unpaired) electrons. The van der Waals surface area contributed by atoms with Crippen LogP contribution >= 0.6 is 35.0 Å². The van der Waals surface area contributed by atoms with Crippen LogP contribution < -0.4 is 0 Å². The number of carbonyl (C=O) groups is 1. The van der Waals surface area contributed by atoms with E-state index in [9.17, 15) is 9.18 Å². The zero-order chi connectivity index (χ0) is 14.0. The number of hydrogen-bond acceptors (Lipinski definition) is 3. The molecule has 100 valence electrons. The predicted molar refractivity (Wildman–Crippen MR) is 71.9 cm³/mol. The normalized spacial score (nSPS) is 10.7. The van der Waals surface area contributed by atoms with Crippen LogP contribution in [0.5, 0.6) is 0 Å². The summed E-state index contributed by atoms with van der Waals surface area (Å²) in [4.78, 5) is 14.6. The molecule has 19 heavy (non-hydrogen) atoms. The van der Waals surface area contributed by atoms with Crippen molar-refractivity contribution in [2.45, 2.75) is 5.16 Å². The molecule has 0 aliphatic heterocycles. The first kappa shape index (κ1) is 14.2. The van der Waals surface area contributed by atoms with E-state index >= 15 is 0 Å². The van der Waals surface area contributed by atoms with Gasteiger partial charge in [0, 0.05) is 12.4 Å². The van der Waals surface area contributed by atoms with E-state index in [1.807, 2.05) is 0 Å². The van der Waals surface area contributed by atoms with E-state index in [4.69, 9.17) is 28.3 Å². The summed E-state index contributed by atoms with van der Waals surface area (Å²) < 4.78 is 14.9. The van der Waals surface area contributed by atoms with Gasteiger partial charge in [-0.15, -0.1) is 0 Å². The first-order valence-electron chi connectivity index (χ1n) is 5.02. The number of benzene rings is 1. The molecular formula is C11H7Cl2FN2O2S. The van der Waals surface area contributed by atoms with E-state index in [0.717, 1.165) is 11.8 Å². The largest absolute Gasteiger partial charge is 0.481 e. The molecule has 1 aromatic heterocycles. The Morgan fingerprint density at radius 2 is 2.05 bits per heavy atom. The summed E-state index contributed by atoms with van der Waals surface area (Å²) in [5.74, 6) is -1.76. The predicted octanol–water partition coefficient (Wildman–Crippen LogP) is 3.49. The summed E-state index contributed by atoms with van der Waals surface area (Å²) >= 11 is 12.5. The monoisotopic (exact) mass is 320 g/mol. The number of nitrogens with zero attached hydrogens (tertiary/aromatic N) is 2. The fourth-order valence-electron chi connectivity index (χ4n) is 1.40. The Morgan fingerprint density at radius 3 is 2.63 bits per heavy atom. The Labute approximate surface area is 122 Å². The van der Waals surface area contributed by atoms with Crippen LogP contribution in [0.25, 0.3) is 5.69 Å². The van der Waals surface area contributed by atoms with Crippen LogP contribution in [0.1, 0.15) is 0 Å². The zero-order valence-corrected chi connectivity index (χ0v) is 11.6. The second kappa shape index (κ2) is 5.81. The van der Waals surface area contributed by atoms with Crippen molar-refractivity contribution in [3.8, 4) is 5.69 Å². The standard InChI is InChI=1S/C11H7Cl2FN2O2S/c12-7-3-6(4-8(13)10(7)14)16-2-1-15-11(16)19-5-9(17)18/h1-4H,5H2,(H,17,18). The Bertz CT molecular complexity index is 610. The van der Waals surface area contributed by atoms with Crippen molar-refractivity contribution >= 4 is 40.9 Å². The molecule has 0 amide bonds. The third-order valence-corrected chi connectivity index (χ3v) is 3.68. The van der Waals surface area contributed by atoms with Gasteiger partial charge in [-0.2, -0.15) is 0 Å². The number of aliphatic carboxylic acids is 1. The van der Waals surface area contributed by atoms with Gasteiger partial charge in [0.2, 0.25) is 0 Å². The van der Waals surface area contributed by atoms with Gasteiger partial charge >= 0.3 is 5.97 Å². The summed E-state index contributed by atoms with van der Waals surface area (Å²) in [6, 6.07) is 2.80. The van der Waals surface area contributed by atoms with Crippen LogP contribution in [-0.4, -0.2) is 26.4 Å². The lowest BCUT2D eigenvalue weighted by molar-refractivity contribution is -0.133. The lowest BCUT2D eigenvalue weighted by Crippen LogP contribution is -2.01. The van der Waals surface area contributed by atoms with Crippen LogP contribution in [0.2, 0.25) is 10.0 Å². The molecule has 0 saturated heterocycles. The average Bonchev–Trinajstić information content (AvgIpc) is 2.81. The quantitative estimate of drug-likeness (QED) is 0.692. The Morgan fingerprint density at radius 1 is 1.42 bits per heavy atom. The number of carboxylic acid groups (broad SMARTS) is 1. The van der Waals surface area contributed by atoms with Gasteiger partial charge in [-0.3, -0.25) is 9.36 Å². The third-order valence-electron chi connectivity index (χ3n) is 2.18. The summed E-state index contributed by atoms with van der Waals surface area (Å²) in [6.45, 7) is 0. The van der Waals surface area contributed by atoms with Crippen LogP contribution in [0.3, 0.4) is 0 Å². The number of thioether (sulfide) groups is 1. The highest BCUT2D eigenvalue weighted by atomic mass is 35.5. The van der Waals surface area contributed by atoms with Crippen LogP contribution in [0.15, 0.2) is 29.7 Å². The maximum Gasteiger partial charge on any atom is 0.313 e. The SMILES string of the molecule is O=C(O)CSc1nccn1-c1cc(Cl)c(F)c(Cl)c1. The molecule has 0 unspecified atom stereocenters. The van der Waals surface area contributed by atoms with Crippen molar-refractivity contribution in [3.05, 3.63) is 40.4 Å². The van der Waals surface area contributed by atoms with Gasteiger partial charge in [0.25, 0.3) is 0 Å². The molecule has 1 N–H and O–H groups in total. The van der Waals surface area contributed by atoms with Crippen LogP contribution in [-0.2, 0) is 4.79 Å². The Balaban J connectivity index is 2.37. The highest BCUT2D eigenvalue weighted by Crippen LogP contribution is 2.28. The van der Waals surface area contributed by atoms with E-state index in [1.54, 1.807) is 10.8 Å². The summed E-state index contributed by atoms with van der Waals surface area (Å²) in [5.41, 5.74) is 0.516. The maximum absolute atomic E-state index is 13.3. The molecule has 0 fully saturated rings. The van der Waals surface area contributed by atoms with Crippen molar-refractivity contribution in [3.63, 3.8) is 0 Å². The smallest absolute Gasteiger partial charge is 0.313 e. The van der Waals surface area contributed by atoms with Crippen molar-refractivity contribution in [2.24, 2.45) is 0 Å². The number of rotatable bonds is 4. The topological polar surface area (TPSA) is 55.1 Å². The maximum atomic E-state index is 13.3. The lowest BCUT2D eigenvalue weighted by Gasteiger charge is -2.08. The molecule has 0 spiro atoms. The van der Waals surface area contributed by atoms with Gasteiger partial charge in [0.15, 0.2) is 11.0 Å². The zero-order valence-electron chi connectivity index (χ0n) is 9.31. The molecule has 1 aromatic carbocycles. The molecule has 4 nitrogen and oxygen atoms in total. The van der Waals surface area contributed by atoms with Gasteiger partial charge in [-0.25, -0.2) is 9.37 Å². The van der Waals surface area contributed by atoms with E-state index < -0.39 is 11.8 Å². The minimum Gasteiger partial charge on any atom is -0.481 e. The Hall–Kier alpha value is -1.24. The van der Waals surface area contributed by atoms with E-state index in [-0.39, 0.29) is 15.8 Å². The van der Waals surface area contributed by atoms with Gasteiger partial charge < -0.3 is 5.11 Å². The molecule has 0 aliphatic rings. The fraction of sp³-hybridized carbons (Fsp3) is 0.0909. The van der Waals surface area contributed by atoms with Gasteiger partial charge in [0.1, 0.15) is 0 Å². The number of imidazole rings is 1. The fourth-order valence-corrected chi connectivity index (χ4v) is 2.57. The molecule has 0 bridgehead atoms. The second-order valence-corrected chi connectivity index (χ2v) is 5.24. The minimum absolute atomic E-state index is 0.106. The summed E-state index contributed by atoms with van der Waals surface area (Å²) in [7, 11) is 0. The Kier molecular flexibility index (Phi) is 4.34. The number of aromatic nitrogens is 2. The number of carboxylic acids is 1. The molecular weight excluding hydrogens is 314 g/mol. The van der Waals surface area contributed by atoms with Crippen molar-refractivity contribution in [1.29, 1.82) is 0 Å². The minimum atomic E-state index is -0.949. The van der Waals surface area contributed by atoms with Gasteiger partial charge in [-0.05, 0) is 12.1 Å². The molecule has 2 aromatic rings. The molecule has 2 rings (SSSR count). The number of hydrogen-bond donors (Lipinski definition) is 1. The van der Waals surface area contributed by atoms with E-state index in [0.29, 0.717) is 10.8 Å². The molecule has 1 heterocycles. The average molecular weight is 321 g/mol. The van der Waals surface area contributed by atoms with Gasteiger partial charge in [0.05, 0.1) is 21.5 Å². The lowest BCUT2D eigenvalue weighted by atomic mass is 10.3. The third kappa shape index (κ3) is 3.20. The van der Waals surface area contributed by atoms with Crippen LogP contribution in [0.4, 0.5) is 4.39 Å². The van der Waals surface area contributed by atoms with E-state index in [2.05, 4.69) is 4.98 Å². The van der Waals surface area contributed by atoms with Crippen molar-refractivity contribution in [1.82, 2.24) is 9.55 Å². The molecule has 0 atom stereocenters. The highest BCUT2D eigenvalue weighted by molar-refractivity contribution is 7.99.